The van der Waals surface area contributed by atoms with Crippen molar-refractivity contribution in [2.75, 3.05) is 28.4 Å². The molecule has 3 rings (SSSR count). The molecule has 0 bridgehead atoms. The zero-order chi connectivity index (χ0) is 23.3. The number of ether oxygens (including phenoxy) is 4. The molecule has 0 N–H and O–H groups in total. The van der Waals surface area contributed by atoms with Crippen LogP contribution in [0.5, 0.6) is 5.75 Å². The lowest BCUT2D eigenvalue weighted by atomic mass is 9.82. The van der Waals surface area contributed by atoms with E-state index >= 15 is 0 Å². The van der Waals surface area contributed by atoms with Crippen LogP contribution < -0.4 is 4.74 Å². The van der Waals surface area contributed by atoms with Crippen molar-refractivity contribution in [2.45, 2.75) is 18.9 Å². The maximum absolute atomic E-state index is 13.6. The highest BCUT2D eigenvalue weighted by molar-refractivity contribution is 6.04. The van der Waals surface area contributed by atoms with Crippen LogP contribution in [0.25, 0.3) is 0 Å². The Balaban J connectivity index is 2.13. The molecule has 7 nitrogen and oxygen atoms in total. The number of hydrogen-bond donors (Lipinski definition) is 0. The van der Waals surface area contributed by atoms with Gasteiger partial charge in [-0.1, -0.05) is 48.5 Å². The van der Waals surface area contributed by atoms with E-state index < -0.39 is 35.3 Å². The molecule has 0 heterocycles. The van der Waals surface area contributed by atoms with Crippen molar-refractivity contribution in [1.82, 2.24) is 0 Å². The molecule has 0 aliphatic heterocycles. The van der Waals surface area contributed by atoms with Crippen molar-refractivity contribution in [3.63, 3.8) is 0 Å². The van der Waals surface area contributed by atoms with Gasteiger partial charge in [-0.3, -0.25) is 14.4 Å². The molecule has 170 valence electrons. The van der Waals surface area contributed by atoms with Gasteiger partial charge >= 0.3 is 11.9 Å². The van der Waals surface area contributed by atoms with Gasteiger partial charge in [0.2, 0.25) is 0 Å². The highest BCUT2D eigenvalue weighted by atomic mass is 16.5. The number of rotatable bonds is 8. The van der Waals surface area contributed by atoms with Crippen LogP contribution in [0.2, 0.25) is 0 Å². The van der Waals surface area contributed by atoms with E-state index in [0.717, 1.165) is 5.56 Å². The van der Waals surface area contributed by atoms with Gasteiger partial charge in [0.25, 0.3) is 0 Å². The maximum Gasteiger partial charge on any atom is 0.323 e. The third-order valence-electron chi connectivity index (χ3n) is 6.30. The Morgan fingerprint density at radius 1 is 0.844 bits per heavy atom. The minimum absolute atomic E-state index is 0.0280. The fourth-order valence-corrected chi connectivity index (χ4v) is 4.82. The largest absolute Gasteiger partial charge is 0.496 e. The molecule has 0 radical (unpaired) electrons. The molecule has 0 unspecified atom stereocenters. The number of esters is 2. The Morgan fingerprint density at radius 3 is 2.00 bits per heavy atom. The van der Waals surface area contributed by atoms with E-state index in [1.807, 2.05) is 24.3 Å². The van der Waals surface area contributed by atoms with Crippen molar-refractivity contribution in [3.8, 4) is 5.75 Å². The number of hydrogen-bond acceptors (Lipinski definition) is 7. The number of carbonyl (C=O) groups is 3. The zero-order valence-corrected chi connectivity index (χ0v) is 18.7. The third kappa shape index (κ3) is 4.12. The lowest BCUT2D eigenvalue weighted by Crippen LogP contribution is -2.39. The third-order valence-corrected chi connectivity index (χ3v) is 6.30. The summed E-state index contributed by atoms with van der Waals surface area (Å²) in [5.41, 5.74) is -0.357. The molecule has 0 saturated heterocycles. The fraction of sp³-hybridized carbons (Fsp3) is 0.400. The van der Waals surface area contributed by atoms with Gasteiger partial charge in [0, 0.05) is 30.1 Å². The first-order valence-electron chi connectivity index (χ1n) is 10.3. The molecule has 2 aromatic carbocycles. The Hall–Kier alpha value is -3.19. The Labute approximate surface area is 187 Å². The minimum atomic E-state index is -1.60. The smallest absolute Gasteiger partial charge is 0.323 e. The molecule has 2 aromatic rings. The lowest BCUT2D eigenvalue weighted by molar-refractivity contribution is -0.169. The molecule has 7 heteroatoms. The number of methoxy groups -OCH3 is 4. The maximum atomic E-state index is 13.6. The Bertz CT molecular complexity index is 953. The normalized spacial score (nSPS) is 20.2. The van der Waals surface area contributed by atoms with E-state index in [0.29, 0.717) is 11.3 Å². The van der Waals surface area contributed by atoms with Crippen molar-refractivity contribution >= 4 is 17.7 Å². The Kier molecular flexibility index (Phi) is 7.30. The Morgan fingerprint density at radius 2 is 1.44 bits per heavy atom. The second-order valence-electron chi connectivity index (χ2n) is 7.87. The monoisotopic (exact) mass is 440 g/mol. The molecule has 0 spiro atoms. The SMILES string of the molecule is COC(=O)C1(C(=O)OC)C[C@H]([C@@H](OC)c2ccccc2OC)[C@@H](C(=O)c2ccccc2)C1. The minimum Gasteiger partial charge on any atom is -0.496 e. The van der Waals surface area contributed by atoms with Crippen LogP contribution in [0.1, 0.15) is 34.9 Å². The van der Waals surface area contributed by atoms with Gasteiger partial charge < -0.3 is 18.9 Å². The summed E-state index contributed by atoms with van der Waals surface area (Å²) in [6.45, 7) is 0. The number of Topliss-reactive ketones (excluding diaryl/α,β-unsaturated/α-hetero) is 1. The molecule has 1 aliphatic rings. The molecule has 32 heavy (non-hydrogen) atoms. The summed E-state index contributed by atoms with van der Waals surface area (Å²) >= 11 is 0. The van der Waals surface area contributed by atoms with Crippen LogP contribution in [-0.4, -0.2) is 46.2 Å². The average Bonchev–Trinajstić information content (AvgIpc) is 3.25. The number of ketones is 1. The van der Waals surface area contributed by atoms with Crippen molar-refractivity contribution < 1.29 is 33.3 Å². The molecule has 1 aliphatic carbocycles. The quantitative estimate of drug-likeness (QED) is 0.352. The molecular formula is C25H28O7. The van der Waals surface area contributed by atoms with Gasteiger partial charge in [-0.25, -0.2) is 0 Å². The number of benzene rings is 2. The lowest BCUT2D eigenvalue weighted by Gasteiger charge is -2.29. The van der Waals surface area contributed by atoms with Gasteiger partial charge in [0.15, 0.2) is 11.2 Å². The van der Waals surface area contributed by atoms with Crippen molar-refractivity contribution in [1.29, 1.82) is 0 Å². The predicted molar refractivity (Wildman–Crippen MR) is 116 cm³/mol. The summed E-state index contributed by atoms with van der Waals surface area (Å²) in [5, 5.41) is 0. The highest BCUT2D eigenvalue weighted by Crippen LogP contribution is 2.54. The van der Waals surface area contributed by atoms with Crippen LogP contribution in [0.4, 0.5) is 0 Å². The first kappa shape index (κ1) is 23.5. The standard InChI is InChI=1S/C25H28O7/c1-29-20-13-9-8-12-17(20)22(30-2)19-15-25(23(27)31-3,24(28)32-4)14-18(19)21(26)16-10-6-5-7-11-16/h5-13,18-19,22H,14-15H2,1-4H3/t18-,19-,22-/m0/s1. The van der Waals surface area contributed by atoms with Crippen LogP contribution in [-0.2, 0) is 23.8 Å². The van der Waals surface area contributed by atoms with E-state index in [1.54, 1.807) is 37.4 Å². The fourth-order valence-electron chi connectivity index (χ4n) is 4.82. The summed E-state index contributed by atoms with van der Waals surface area (Å²) < 4.78 is 21.4. The van der Waals surface area contributed by atoms with Crippen molar-refractivity contribution in [2.24, 2.45) is 17.3 Å². The number of para-hydroxylation sites is 1. The van der Waals surface area contributed by atoms with E-state index in [2.05, 4.69) is 0 Å². The molecule has 1 fully saturated rings. The van der Waals surface area contributed by atoms with Crippen molar-refractivity contribution in [3.05, 3.63) is 65.7 Å². The molecule has 1 saturated carbocycles. The summed E-state index contributed by atoms with van der Waals surface area (Å²) in [5.74, 6) is -2.17. The highest BCUT2D eigenvalue weighted by Gasteiger charge is 2.60. The summed E-state index contributed by atoms with van der Waals surface area (Å²) in [7, 11) is 5.54. The van der Waals surface area contributed by atoms with Crippen LogP contribution in [0.3, 0.4) is 0 Å². The topological polar surface area (TPSA) is 88.1 Å². The van der Waals surface area contributed by atoms with Gasteiger partial charge in [-0.05, 0) is 18.9 Å². The van der Waals surface area contributed by atoms with E-state index in [9.17, 15) is 14.4 Å². The first-order chi connectivity index (χ1) is 15.4. The van der Waals surface area contributed by atoms with E-state index in [4.69, 9.17) is 18.9 Å². The van der Waals surface area contributed by atoms with Crippen LogP contribution >= 0.6 is 0 Å². The van der Waals surface area contributed by atoms with Crippen LogP contribution in [0.15, 0.2) is 54.6 Å². The van der Waals surface area contributed by atoms with Crippen LogP contribution in [0, 0.1) is 17.3 Å². The zero-order valence-electron chi connectivity index (χ0n) is 18.7. The van der Waals surface area contributed by atoms with Gasteiger partial charge in [0.05, 0.1) is 27.4 Å². The second-order valence-corrected chi connectivity index (χ2v) is 7.87. The van der Waals surface area contributed by atoms with Gasteiger partial charge in [0.1, 0.15) is 5.75 Å². The summed E-state index contributed by atoms with van der Waals surface area (Å²) in [6.07, 6.45) is -0.577. The summed E-state index contributed by atoms with van der Waals surface area (Å²) in [6, 6.07) is 16.2. The summed E-state index contributed by atoms with van der Waals surface area (Å²) in [4.78, 5) is 39.3. The molecule has 0 amide bonds. The molecule has 3 atom stereocenters. The van der Waals surface area contributed by atoms with E-state index in [-0.39, 0.29) is 18.6 Å². The molecular weight excluding hydrogens is 412 g/mol. The van der Waals surface area contributed by atoms with Gasteiger partial charge in [-0.2, -0.15) is 0 Å². The predicted octanol–water partition coefficient (Wildman–Crippen LogP) is 3.62. The van der Waals surface area contributed by atoms with E-state index in [1.165, 1.54) is 21.3 Å². The molecule has 0 aromatic heterocycles. The second kappa shape index (κ2) is 9.96. The van der Waals surface area contributed by atoms with Gasteiger partial charge in [-0.15, -0.1) is 0 Å². The number of carbonyl (C=O) groups excluding carboxylic acids is 3. The first-order valence-corrected chi connectivity index (χ1v) is 10.3. The average molecular weight is 440 g/mol.